The minimum atomic E-state index is -0.888. The first kappa shape index (κ1) is 16.5. The molecule has 0 amide bonds. The number of allylic oxidation sites excluding steroid dienone is 1. The van der Waals surface area contributed by atoms with E-state index in [4.69, 9.17) is 16.3 Å². The van der Waals surface area contributed by atoms with Gasteiger partial charge >= 0.3 is 5.97 Å². The van der Waals surface area contributed by atoms with E-state index in [1.165, 1.54) is 6.92 Å². The van der Waals surface area contributed by atoms with Gasteiger partial charge < -0.3 is 9.64 Å². The molecule has 3 rings (SSSR count). The first-order valence-corrected chi connectivity index (χ1v) is 8.74. The first-order chi connectivity index (χ1) is 11.0. The van der Waals surface area contributed by atoms with Crippen molar-refractivity contribution in [1.29, 1.82) is 0 Å². The van der Waals surface area contributed by atoms with Crippen LogP contribution in [0, 0.1) is 11.8 Å². The fraction of sp³-hybridized carbons (Fsp3) is 0.706. The number of piperidine rings is 1. The van der Waals surface area contributed by atoms with Gasteiger partial charge in [0.05, 0.1) is 6.61 Å². The SMILES string of the molecule is CC(=O)OCC1CCN2C(=C(C(=O)C(=O)Cl)C3CCCCC32)C1. The van der Waals surface area contributed by atoms with Crippen molar-refractivity contribution in [1.82, 2.24) is 4.90 Å². The van der Waals surface area contributed by atoms with E-state index < -0.39 is 11.0 Å². The molecular formula is C17H22ClNO4. The smallest absolute Gasteiger partial charge is 0.302 e. The Balaban J connectivity index is 1.86. The van der Waals surface area contributed by atoms with Gasteiger partial charge in [0.1, 0.15) is 0 Å². The highest BCUT2D eigenvalue weighted by molar-refractivity contribution is 6.83. The molecule has 5 nitrogen and oxygen atoms in total. The van der Waals surface area contributed by atoms with Crippen molar-refractivity contribution in [2.75, 3.05) is 13.2 Å². The molecule has 3 atom stereocenters. The van der Waals surface area contributed by atoms with E-state index >= 15 is 0 Å². The molecule has 2 aliphatic heterocycles. The van der Waals surface area contributed by atoms with Crippen molar-refractivity contribution < 1.29 is 19.1 Å². The Morgan fingerprint density at radius 3 is 2.65 bits per heavy atom. The van der Waals surface area contributed by atoms with Crippen LogP contribution in [0.4, 0.5) is 0 Å². The number of nitrogens with zero attached hydrogens (tertiary/aromatic N) is 1. The number of carbonyl (C=O) groups is 3. The zero-order chi connectivity index (χ0) is 16.6. The molecule has 1 aliphatic carbocycles. The lowest BCUT2D eigenvalue weighted by Crippen LogP contribution is -2.40. The van der Waals surface area contributed by atoms with E-state index in [1.807, 2.05) is 0 Å². The van der Waals surface area contributed by atoms with Crippen LogP contribution in [0.15, 0.2) is 11.3 Å². The van der Waals surface area contributed by atoms with Gasteiger partial charge in [-0.05, 0) is 37.3 Å². The summed E-state index contributed by atoms with van der Waals surface area (Å²) >= 11 is 5.50. The van der Waals surface area contributed by atoms with Crippen LogP contribution in [0.5, 0.6) is 0 Å². The minimum absolute atomic E-state index is 0.140. The molecule has 6 heteroatoms. The lowest BCUT2D eigenvalue weighted by molar-refractivity contribution is -0.142. The molecule has 0 radical (unpaired) electrons. The van der Waals surface area contributed by atoms with Crippen LogP contribution in [-0.2, 0) is 19.1 Å². The van der Waals surface area contributed by atoms with Crippen LogP contribution in [0.25, 0.3) is 0 Å². The fourth-order valence-electron chi connectivity index (χ4n) is 4.40. The van der Waals surface area contributed by atoms with Crippen LogP contribution in [0.3, 0.4) is 0 Å². The molecule has 0 aromatic rings. The second-order valence-electron chi connectivity index (χ2n) is 6.78. The first-order valence-electron chi connectivity index (χ1n) is 8.36. The number of ether oxygens (including phenoxy) is 1. The van der Waals surface area contributed by atoms with Crippen LogP contribution < -0.4 is 0 Å². The fourth-order valence-corrected chi connectivity index (χ4v) is 4.50. The Hall–Kier alpha value is -1.36. The summed E-state index contributed by atoms with van der Waals surface area (Å²) in [6, 6.07) is 0.336. The summed E-state index contributed by atoms with van der Waals surface area (Å²) in [5.41, 5.74) is 1.62. The summed E-state index contributed by atoms with van der Waals surface area (Å²) in [4.78, 5) is 37.2. The van der Waals surface area contributed by atoms with Crippen LogP contribution >= 0.6 is 11.6 Å². The van der Waals surface area contributed by atoms with Gasteiger partial charge in [-0.1, -0.05) is 12.8 Å². The van der Waals surface area contributed by atoms with Crippen LogP contribution in [0.2, 0.25) is 0 Å². The topological polar surface area (TPSA) is 63.7 Å². The Morgan fingerprint density at radius 1 is 1.22 bits per heavy atom. The molecule has 2 heterocycles. The quantitative estimate of drug-likeness (QED) is 0.447. The highest BCUT2D eigenvalue weighted by atomic mass is 35.5. The van der Waals surface area contributed by atoms with Gasteiger partial charge in [-0.15, -0.1) is 0 Å². The Kier molecular flexibility index (Phi) is 4.76. The van der Waals surface area contributed by atoms with Gasteiger partial charge in [-0.25, -0.2) is 0 Å². The maximum Gasteiger partial charge on any atom is 0.302 e. The lowest BCUT2D eigenvalue weighted by atomic mass is 9.80. The highest BCUT2D eigenvalue weighted by Crippen LogP contribution is 2.47. The Labute approximate surface area is 141 Å². The molecule has 126 valence electrons. The highest BCUT2D eigenvalue weighted by Gasteiger charge is 2.46. The van der Waals surface area contributed by atoms with Crippen molar-refractivity contribution >= 4 is 28.6 Å². The molecule has 3 aliphatic rings. The third-order valence-electron chi connectivity index (χ3n) is 5.36. The molecule has 0 bridgehead atoms. The standard InChI is InChI=1S/C17H22ClNO4/c1-10(20)23-9-11-6-7-19-13-5-3-2-4-12(13)15(14(19)8-11)16(21)17(18)22/h11-13H,2-9H2,1H3. The number of hydrogen-bond donors (Lipinski definition) is 0. The van der Waals surface area contributed by atoms with Gasteiger partial charge in [0, 0.05) is 42.6 Å². The third kappa shape index (κ3) is 3.16. The van der Waals surface area contributed by atoms with E-state index in [9.17, 15) is 14.4 Å². The van der Waals surface area contributed by atoms with Gasteiger partial charge in [-0.3, -0.25) is 14.4 Å². The second-order valence-corrected chi connectivity index (χ2v) is 7.12. The van der Waals surface area contributed by atoms with Crippen molar-refractivity contribution in [3.05, 3.63) is 11.3 Å². The van der Waals surface area contributed by atoms with E-state index in [-0.39, 0.29) is 17.8 Å². The summed E-state index contributed by atoms with van der Waals surface area (Å²) in [6.07, 6.45) is 5.90. The zero-order valence-electron chi connectivity index (χ0n) is 13.3. The van der Waals surface area contributed by atoms with Crippen molar-refractivity contribution in [2.24, 2.45) is 11.8 Å². The molecule has 1 saturated carbocycles. The number of ketones is 1. The predicted molar refractivity (Wildman–Crippen MR) is 84.7 cm³/mol. The number of fused-ring (bicyclic) bond motifs is 3. The molecule has 0 N–H and O–H groups in total. The average molecular weight is 340 g/mol. The zero-order valence-corrected chi connectivity index (χ0v) is 14.1. The normalized spacial score (nSPS) is 29.8. The van der Waals surface area contributed by atoms with Gasteiger partial charge in [-0.2, -0.15) is 0 Å². The van der Waals surface area contributed by atoms with E-state index in [0.717, 1.165) is 44.3 Å². The predicted octanol–water partition coefficient (Wildman–Crippen LogP) is 2.42. The van der Waals surface area contributed by atoms with E-state index in [1.54, 1.807) is 0 Å². The van der Waals surface area contributed by atoms with Crippen LogP contribution in [0.1, 0.15) is 45.4 Å². The second kappa shape index (κ2) is 6.63. The molecule has 0 aromatic heterocycles. The van der Waals surface area contributed by atoms with E-state index in [0.29, 0.717) is 24.6 Å². The largest absolute Gasteiger partial charge is 0.466 e. The molecule has 3 unspecified atom stereocenters. The van der Waals surface area contributed by atoms with Crippen LogP contribution in [-0.4, -0.2) is 41.1 Å². The maximum absolute atomic E-state index is 12.4. The van der Waals surface area contributed by atoms with Crippen molar-refractivity contribution in [3.63, 3.8) is 0 Å². The summed E-state index contributed by atoms with van der Waals surface area (Å²) in [5.74, 6) is -0.470. The molecular weight excluding hydrogens is 318 g/mol. The summed E-state index contributed by atoms with van der Waals surface area (Å²) in [6.45, 7) is 2.63. The average Bonchev–Trinajstić information content (AvgIpc) is 2.85. The van der Waals surface area contributed by atoms with Gasteiger partial charge in [0.25, 0.3) is 5.24 Å². The monoisotopic (exact) mass is 339 g/mol. The number of halogens is 1. The number of esters is 1. The molecule has 0 spiro atoms. The van der Waals surface area contributed by atoms with Gasteiger partial charge in [0.2, 0.25) is 5.78 Å². The maximum atomic E-state index is 12.4. The number of Topliss-reactive ketones (excluding diaryl/α,β-unsaturated/α-hetero) is 1. The van der Waals surface area contributed by atoms with E-state index in [2.05, 4.69) is 4.90 Å². The molecule has 2 fully saturated rings. The molecule has 0 aromatic carbocycles. The molecule has 1 saturated heterocycles. The summed E-state index contributed by atoms with van der Waals surface area (Å²) in [5, 5.41) is -0.888. The summed E-state index contributed by atoms with van der Waals surface area (Å²) < 4.78 is 5.13. The molecule has 23 heavy (non-hydrogen) atoms. The number of carbonyl (C=O) groups excluding carboxylic acids is 3. The van der Waals surface area contributed by atoms with Crippen molar-refractivity contribution in [3.8, 4) is 0 Å². The van der Waals surface area contributed by atoms with Crippen molar-refractivity contribution in [2.45, 2.75) is 51.5 Å². The number of rotatable bonds is 4. The third-order valence-corrected chi connectivity index (χ3v) is 5.54. The lowest BCUT2D eigenvalue weighted by Gasteiger charge is -2.39. The minimum Gasteiger partial charge on any atom is -0.466 e. The van der Waals surface area contributed by atoms with Gasteiger partial charge in [0.15, 0.2) is 0 Å². The number of hydrogen-bond acceptors (Lipinski definition) is 5. The Bertz CT molecular complexity index is 571. The Morgan fingerprint density at radius 2 is 1.96 bits per heavy atom. The summed E-state index contributed by atoms with van der Waals surface area (Å²) in [7, 11) is 0.